The number of hydrogen-bond donors (Lipinski definition) is 1. The molecule has 0 atom stereocenters. The minimum absolute atomic E-state index is 0.0134. The molecule has 2 aromatic rings. The van der Waals surface area contributed by atoms with Crippen molar-refractivity contribution >= 4 is 17.4 Å². The highest BCUT2D eigenvalue weighted by molar-refractivity contribution is 5.92. The average Bonchev–Trinajstić information content (AvgIpc) is 2.94. The van der Waals surface area contributed by atoms with Gasteiger partial charge >= 0.3 is 0 Å². The van der Waals surface area contributed by atoms with Crippen LogP contribution in [0, 0.1) is 0 Å². The Bertz CT molecular complexity index is 627. The van der Waals surface area contributed by atoms with E-state index in [2.05, 4.69) is 15.0 Å². The fourth-order valence-electron chi connectivity index (χ4n) is 2.41. The third-order valence-corrected chi connectivity index (χ3v) is 3.59. The molecule has 1 aliphatic heterocycles. The number of piperazine rings is 1. The number of nitrogen functional groups attached to an aromatic ring is 1. The Morgan fingerprint density at radius 2 is 1.95 bits per heavy atom. The molecule has 0 bridgehead atoms. The maximum absolute atomic E-state index is 12.3. The van der Waals surface area contributed by atoms with Crippen molar-refractivity contribution < 1.29 is 4.79 Å². The number of aryl methyl sites for hydroxylation is 1. The molecular formula is C14H18N6O. The van der Waals surface area contributed by atoms with Gasteiger partial charge in [-0.3, -0.25) is 9.48 Å². The maximum Gasteiger partial charge on any atom is 0.274 e. The van der Waals surface area contributed by atoms with E-state index < -0.39 is 0 Å². The van der Waals surface area contributed by atoms with Gasteiger partial charge in [-0.2, -0.15) is 5.10 Å². The van der Waals surface area contributed by atoms with Gasteiger partial charge in [-0.25, -0.2) is 4.98 Å². The summed E-state index contributed by atoms with van der Waals surface area (Å²) in [5, 5.41) is 4.16. The van der Waals surface area contributed by atoms with Crippen LogP contribution in [0.1, 0.15) is 10.5 Å². The van der Waals surface area contributed by atoms with Crippen LogP contribution in [0.2, 0.25) is 0 Å². The highest BCUT2D eigenvalue weighted by Crippen LogP contribution is 2.15. The number of rotatable bonds is 2. The standard InChI is InChI=1S/C14H18N6O/c1-18-5-4-12(17-18)14(21)20-8-6-19(7-9-20)13-3-2-11(15)10-16-13/h2-5,10H,6-9,15H2,1H3. The highest BCUT2D eigenvalue weighted by atomic mass is 16.2. The lowest BCUT2D eigenvalue weighted by Gasteiger charge is -2.35. The van der Waals surface area contributed by atoms with Crippen LogP contribution in [0.5, 0.6) is 0 Å². The Labute approximate surface area is 123 Å². The van der Waals surface area contributed by atoms with Crippen LogP contribution >= 0.6 is 0 Å². The van der Waals surface area contributed by atoms with Crippen LogP contribution in [0.3, 0.4) is 0 Å². The molecule has 0 unspecified atom stereocenters. The molecule has 0 spiro atoms. The van der Waals surface area contributed by atoms with Crippen LogP contribution in [0.25, 0.3) is 0 Å². The summed E-state index contributed by atoms with van der Waals surface area (Å²) in [6, 6.07) is 5.50. The van der Waals surface area contributed by atoms with E-state index in [0.717, 1.165) is 18.9 Å². The summed E-state index contributed by atoms with van der Waals surface area (Å²) in [5.74, 6) is 0.884. The van der Waals surface area contributed by atoms with Gasteiger partial charge in [0.1, 0.15) is 11.5 Å². The number of carbonyl (C=O) groups excluding carboxylic acids is 1. The molecule has 0 radical (unpaired) electrons. The summed E-state index contributed by atoms with van der Waals surface area (Å²) in [7, 11) is 1.81. The van der Waals surface area contributed by atoms with E-state index in [1.54, 1.807) is 23.1 Å². The van der Waals surface area contributed by atoms with Crippen LogP contribution in [0.4, 0.5) is 11.5 Å². The second-order valence-corrected chi connectivity index (χ2v) is 5.10. The fraction of sp³-hybridized carbons (Fsp3) is 0.357. The molecule has 21 heavy (non-hydrogen) atoms. The zero-order chi connectivity index (χ0) is 14.8. The van der Waals surface area contributed by atoms with Gasteiger partial charge in [0.2, 0.25) is 0 Å². The van der Waals surface area contributed by atoms with Crippen molar-refractivity contribution in [3.05, 3.63) is 36.3 Å². The van der Waals surface area contributed by atoms with Crippen molar-refractivity contribution in [2.24, 2.45) is 7.05 Å². The minimum atomic E-state index is -0.0134. The number of carbonyl (C=O) groups is 1. The van der Waals surface area contributed by atoms with Gasteiger partial charge in [-0.05, 0) is 18.2 Å². The van der Waals surface area contributed by atoms with Gasteiger partial charge in [0.05, 0.1) is 11.9 Å². The first-order valence-electron chi connectivity index (χ1n) is 6.89. The van der Waals surface area contributed by atoms with Crippen LogP contribution in [0.15, 0.2) is 30.6 Å². The number of nitrogens with zero attached hydrogens (tertiary/aromatic N) is 5. The van der Waals surface area contributed by atoms with Gasteiger partial charge in [-0.15, -0.1) is 0 Å². The highest BCUT2D eigenvalue weighted by Gasteiger charge is 2.23. The normalized spacial score (nSPS) is 15.3. The van der Waals surface area contributed by atoms with Crippen LogP contribution in [-0.2, 0) is 7.05 Å². The molecule has 1 amide bonds. The molecule has 3 heterocycles. The van der Waals surface area contributed by atoms with Crippen molar-refractivity contribution in [3.63, 3.8) is 0 Å². The number of nitrogens with two attached hydrogens (primary N) is 1. The third kappa shape index (κ3) is 2.81. The summed E-state index contributed by atoms with van der Waals surface area (Å²) >= 11 is 0. The van der Waals surface area contributed by atoms with Gasteiger partial charge in [0.25, 0.3) is 5.91 Å². The van der Waals surface area contributed by atoms with E-state index >= 15 is 0 Å². The quantitative estimate of drug-likeness (QED) is 0.862. The fourth-order valence-corrected chi connectivity index (χ4v) is 2.41. The van der Waals surface area contributed by atoms with Crippen LogP contribution in [-0.4, -0.2) is 51.8 Å². The van der Waals surface area contributed by atoms with Gasteiger partial charge in [0.15, 0.2) is 0 Å². The molecule has 0 aromatic carbocycles. The van der Waals surface area contributed by atoms with E-state index in [-0.39, 0.29) is 5.91 Å². The van der Waals surface area contributed by atoms with Crippen molar-refractivity contribution in [2.45, 2.75) is 0 Å². The molecular weight excluding hydrogens is 268 g/mol. The molecule has 1 fully saturated rings. The monoisotopic (exact) mass is 286 g/mol. The Hall–Kier alpha value is -2.57. The molecule has 0 saturated carbocycles. The van der Waals surface area contributed by atoms with Crippen molar-refractivity contribution in [2.75, 3.05) is 36.8 Å². The first-order chi connectivity index (χ1) is 10.1. The molecule has 7 heteroatoms. The summed E-state index contributed by atoms with van der Waals surface area (Å²) < 4.78 is 1.64. The average molecular weight is 286 g/mol. The van der Waals surface area contributed by atoms with E-state index in [1.807, 2.05) is 24.1 Å². The molecule has 110 valence electrons. The van der Waals surface area contributed by atoms with E-state index in [0.29, 0.717) is 24.5 Å². The Morgan fingerprint density at radius 3 is 2.52 bits per heavy atom. The number of anilines is 2. The summed E-state index contributed by atoms with van der Waals surface area (Å²) in [6.07, 6.45) is 3.43. The molecule has 0 aliphatic carbocycles. The zero-order valence-electron chi connectivity index (χ0n) is 11.9. The van der Waals surface area contributed by atoms with Gasteiger partial charge in [0, 0.05) is 39.4 Å². The first-order valence-corrected chi connectivity index (χ1v) is 6.89. The molecule has 1 saturated heterocycles. The van der Waals surface area contributed by atoms with Crippen molar-refractivity contribution in [1.29, 1.82) is 0 Å². The van der Waals surface area contributed by atoms with Crippen LogP contribution < -0.4 is 10.6 Å². The number of amides is 1. The predicted molar refractivity (Wildman–Crippen MR) is 80.0 cm³/mol. The molecule has 3 rings (SSSR count). The lowest BCUT2D eigenvalue weighted by Crippen LogP contribution is -2.49. The largest absolute Gasteiger partial charge is 0.397 e. The van der Waals surface area contributed by atoms with Gasteiger partial charge < -0.3 is 15.5 Å². The molecule has 2 aromatic heterocycles. The molecule has 7 nitrogen and oxygen atoms in total. The third-order valence-electron chi connectivity index (χ3n) is 3.59. The second-order valence-electron chi connectivity index (χ2n) is 5.10. The summed E-state index contributed by atoms with van der Waals surface area (Å²) in [5.41, 5.74) is 6.79. The zero-order valence-corrected chi connectivity index (χ0v) is 11.9. The molecule has 2 N–H and O–H groups in total. The maximum atomic E-state index is 12.3. The van der Waals surface area contributed by atoms with E-state index in [9.17, 15) is 4.79 Å². The topological polar surface area (TPSA) is 80.3 Å². The lowest BCUT2D eigenvalue weighted by molar-refractivity contribution is 0.0740. The SMILES string of the molecule is Cn1ccc(C(=O)N2CCN(c3ccc(N)cn3)CC2)n1. The Balaban J connectivity index is 1.62. The summed E-state index contributed by atoms with van der Waals surface area (Å²) in [4.78, 5) is 20.6. The van der Waals surface area contributed by atoms with E-state index in [4.69, 9.17) is 5.73 Å². The first kappa shape index (κ1) is 13.4. The van der Waals surface area contributed by atoms with Crippen molar-refractivity contribution in [3.8, 4) is 0 Å². The van der Waals surface area contributed by atoms with Crippen molar-refractivity contribution in [1.82, 2.24) is 19.7 Å². The number of pyridine rings is 1. The second kappa shape index (κ2) is 5.43. The lowest BCUT2D eigenvalue weighted by atomic mass is 10.2. The molecule has 1 aliphatic rings. The number of aromatic nitrogens is 3. The Kier molecular flexibility index (Phi) is 3.47. The van der Waals surface area contributed by atoms with E-state index in [1.165, 1.54) is 0 Å². The smallest absolute Gasteiger partial charge is 0.274 e. The predicted octanol–water partition coefficient (Wildman–Crippen LogP) is 0.360. The summed E-state index contributed by atoms with van der Waals surface area (Å²) in [6.45, 7) is 2.86. The Morgan fingerprint density at radius 1 is 1.19 bits per heavy atom. The number of hydrogen-bond acceptors (Lipinski definition) is 5. The minimum Gasteiger partial charge on any atom is -0.397 e. The van der Waals surface area contributed by atoms with Gasteiger partial charge in [-0.1, -0.05) is 0 Å².